The van der Waals surface area contributed by atoms with Crippen molar-refractivity contribution in [3.8, 4) is 6.07 Å². The second kappa shape index (κ2) is 10.7. The van der Waals surface area contributed by atoms with E-state index in [0.717, 1.165) is 5.56 Å². The molecule has 8 heteroatoms. The Bertz CT molecular complexity index is 936. The Hall–Kier alpha value is -3.73. The number of hydrogen-bond donors (Lipinski definition) is 2. The van der Waals surface area contributed by atoms with E-state index in [2.05, 4.69) is 10.6 Å². The number of nitrogens with zero attached hydrogens (tertiary/aromatic N) is 1. The number of nitriles is 1. The van der Waals surface area contributed by atoms with E-state index in [-0.39, 0.29) is 12.8 Å². The molecule has 0 aliphatic rings. The number of esters is 1. The molecule has 0 unspecified atom stereocenters. The Morgan fingerprint density at radius 2 is 1.50 bits per heavy atom. The third-order valence-corrected chi connectivity index (χ3v) is 4.37. The molecular formula is C22H22FN3O4. The summed E-state index contributed by atoms with van der Waals surface area (Å²) >= 11 is 0. The number of amides is 2. The molecule has 2 amide bonds. The van der Waals surface area contributed by atoms with Crippen LogP contribution in [0.25, 0.3) is 0 Å². The van der Waals surface area contributed by atoms with Crippen LogP contribution in [0.5, 0.6) is 0 Å². The van der Waals surface area contributed by atoms with Gasteiger partial charge in [-0.05, 0) is 35.4 Å². The molecule has 0 bridgehead atoms. The number of hydrogen-bond acceptors (Lipinski definition) is 5. The van der Waals surface area contributed by atoms with Crippen LogP contribution < -0.4 is 10.6 Å². The number of carbonyl (C=O) groups is 3. The molecule has 2 aromatic rings. The summed E-state index contributed by atoms with van der Waals surface area (Å²) in [6.07, 6.45) is 0.268. The average molecular weight is 411 g/mol. The highest BCUT2D eigenvalue weighted by Gasteiger charge is 2.27. The van der Waals surface area contributed by atoms with Crippen molar-refractivity contribution in [2.75, 3.05) is 7.11 Å². The first-order valence-electron chi connectivity index (χ1n) is 9.21. The molecule has 0 saturated heterocycles. The van der Waals surface area contributed by atoms with Crippen LogP contribution in [0.2, 0.25) is 0 Å². The number of halogens is 1. The molecule has 2 N–H and O–H groups in total. The van der Waals surface area contributed by atoms with Crippen LogP contribution in [0.15, 0.2) is 48.5 Å². The molecule has 7 nitrogen and oxygen atoms in total. The van der Waals surface area contributed by atoms with E-state index in [4.69, 9.17) is 10.00 Å². The standard InChI is InChI=1S/C22H22FN3O4/c1-14(27)25-19(11-16-7-9-18(23)10-8-16)21(28)26-20(22(29)30-2)12-15-3-5-17(13-24)6-4-15/h3-10,19-20H,11-12H2,1-2H3,(H,25,27)(H,26,28)/t19-,20-/m1/s1. The number of ether oxygens (including phenoxy) is 1. The highest BCUT2D eigenvalue weighted by Crippen LogP contribution is 2.10. The lowest BCUT2D eigenvalue weighted by Gasteiger charge is -2.22. The number of carbonyl (C=O) groups excluding carboxylic acids is 3. The van der Waals surface area contributed by atoms with Crippen molar-refractivity contribution in [2.24, 2.45) is 0 Å². The predicted molar refractivity (Wildman–Crippen MR) is 107 cm³/mol. The van der Waals surface area contributed by atoms with E-state index in [1.165, 1.54) is 38.3 Å². The highest BCUT2D eigenvalue weighted by atomic mass is 19.1. The summed E-state index contributed by atoms with van der Waals surface area (Å²) in [5.41, 5.74) is 1.84. The number of benzene rings is 2. The van der Waals surface area contributed by atoms with Gasteiger partial charge in [-0.1, -0.05) is 24.3 Å². The maximum atomic E-state index is 13.1. The van der Waals surface area contributed by atoms with E-state index in [1.54, 1.807) is 24.3 Å². The molecule has 0 spiro atoms. The van der Waals surface area contributed by atoms with Gasteiger partial charge in [0, 0.05) is 19.8 Å². The normalized spacial score (nSPS) is 12.2. The number of methoxy groups -OCH3 is 1. The maximum Gasteiger partial charge on any atom is 0.328 e. The summed E-state index contributed by atoms with van der Waals surface area (Å²) in [6, 6.07) is 12.2. The minimum Gasteiger partial charge on any atom is -0.467 e. The van der Waals surface area contributed by atoms with Gasteiger partial charge in [0.1, 0.15) is 17.9 Å². The highest BCUT2D eigenvalue weighted by molar-refractivity contribution is 5.90. The van der Waals surface area contributed by atoms with Gasteiger partial charge in [-0.15, -0.1) is 0 Å². The third kappa shape index (κ3) is 6.71. The molecule has 30 heavy (non-hydrogen) atoms. The third-order valence-electron chi connectivity index (χ3n) is 4.37. The molecular weight excluding hydrogens is 389 g/mol. The molecule has 2 atom stereocenters. The van der Waals surface area contributed by atoms with Crippen LogP contribution in [0.4, 0.5) is 4.39 Å². The summed E-state index contributed by atoms with van der Waals surface area (Å²) in [6.45, 7) is 1.28. The van der Waals surface area contributed by atoms with Crippen molar-refractivity contribution in [3.05, 3.63) is 71.0 Å². The molecule has 0 fully saturated rings. The minimum atomic E-state index is -0.986. The Morgan fingerprint density at radius 1 is 0.967 bits per heavy atom. The van der Waals surface area contributed by atoms with Gasteiger partial charge in [-0.25, -0.2) is 9.18 Å². The van der Waals surface area contributed by atoms with Crippen molar-refractivity contribution in [3.63, 3.8) is 0 Å². The van der Waals surface area contributed by atoms with Crippen LogP contribution >= 0.6 is 0 Å². The van der Waals surface area contributed by atoms with Gasteiger partial charge in [0.05, 0.1) is 18.7 Å². The fourth-order valence-corrected chi connectivity index (χ4v) is 2.87. The van der Waals surface area contributed by atoms with E-state index >= 15 is 0 Å². The molecule has 2 aromatic carbocycles. The van der Waals surface area contributed by atoms with E-state index in [0.29, 0.717) is 11.1 Å². The van der Waals surface area contributed by atoms with Crippen LogP contribution in [-0.4, -0.2) is 37.0 Å². The van der Waals surface area contributed by atoms with Crippen LogP contribution in [0, 0.1) is 17.1 Å². The molecule has 0 aliphatic carbocycles. The topological polar surface area (TPSA) is 108 Å². The Labute approximate surface area is 173 Å². The van der Waals surface area contributed by atoms with Crippen LogP contribution in [0.1, 0.15) is 23.6 Å². The molecule has 0 aromatic heterocycles. The Balaban J connectivity index is 2.16. The molecule has 0 aliphatic heterocycles. The lowest BCUT2D eigenvalue weighted by Crippen LogP contribution is -2.53. The molecule has 0 heterocycles. The summed E-state index contributed by atoms with van der Waals surface area (Å²) in [5, 5.41) is 14.1. The zero-order valence-electron chi connectivity index (χ0n) is 16.6. The minimum absolute atomic E-state index is 0.121. The quantitative estimate of drug-likeness (QED) is 0.642. The van der Waals surface area contributed by atoms with Gasteiger partial charge >= 0.3 is 5.97 Å². The largest absolute Gasteiger partial charge is 0.467 e. The van der Waals surface area contributed by atoms with Gasteiger partial charge in [0.25, 0.3) is 0 Å². The Kier molecular flexibility index (Phi) is 8.06. The van der Waals surface area contributed by atoms with Gasteiger partial charge in [0.2, 0.25) is 11.8 Å². The van der Waals surface area contributed by atoms with Crippen molar-refractivity contribution in [2.45, 2.75) is 31.8 Å². The fraction of sp³-hybridized carbons (Fsp3) is 0.273. The molecule has 156 valence electrons. The van der Waals surface area contributed by atoms with Gasteiger partial charge < -0.3 is 15.4 Å². The van der Waals surface area contributed by atoms with Crippen LogP contribution in [0.3, 0.4) is 0 Å². The molecule has 0 radical (unpaired) electrons. The van der Waals surface area contributed by atoms with Gasteiger partial charge in [0.15, 0.2) is 0 Å². The zero-order valence-corrected chi connectivity index (χ0v) is 16.6. The summed E-state index contributed by atoms with van der Waals surface area (Å²) in [5.74, 6) is -2.04. The van der Waals surface area contributed by atoms with E-state index in [9.17, 15) is 18.8 Å². The van der Waals surface area contributed by atoms with Gasteiger partial charge in [-0.3, -0.25) is 9.59 Å². The fourth-order valence-electron chi connectivity index (χ4n) is 2.87. The van der Waals surface area contributed by atoms with Crippen LogP contribution in [-0.2, 0) is 32.0 Å². The van der Waals surface area contributed by atoms with Crippen molar-refractivity contribution < 1.29 is 23.5 Å². The Morgan fingerprint density at radius 3 is 2.00 bits per heavy atom. The maximum absolute atomic E-state index is 13.1. The number of rotatable bonds is 8. The average Bonchev–Trinajstić information content (AvgIpc) is 2.73. The lowest BCUT2D eigenvalue weighted by molar-refractivity contribution is -0.145. The molecule has 0 saturated carbocycles. The first-order valence-corrected chi connectivity index (χ1v) is 9.21. The first kappa shape index (κ1) is 22.6. The second-order valence-corrected chi connectivity index (χ2v) is 6.68. The first-order chi connectivity index (χ1) is 14.3. The monoisotopic (exact) mass is 411 g/mol. The predicted octanol–water partition coefficient (Wildman–Crippen LogP) is 1.65. The summed E-state index contributed by atoms with van der Waals surface area (Å²) < 4.78 is 17.9. The zero-order chi connectivity index (χ0) is 22.1. The smallest absolute Gasteiger partial charge is 0.328 e. The molecule has 2 rings (SSSR count). The second-order valence-electron chi connectivity index (χ2n) is 6.68. The van der Waals surface area contributed by atoms with Crippen molar-refractivity contribution >= 4 is 17.8 Å². The van der Waals surface area contributed by atoms with Crippen molar-refractivity contribution in [1.29, 1.82) is 5.26 Å². The van der Waals surface area contributed by atoms with E-state index < -0.39 is 35.7 Å². The van der Waals surface area contributed by atoms with Gasteiger partial charge in [-0.2, -0.15) is 5.26 Å². The lowest BCUT2D eigenvalue weighted by atomic mass is 10.0. The van der Waals surface area contributed by atoms with Crippen molar-refractivity contribution in [1.82, 2.24) is 10.6 Å². The summed E-state index contributed by atoms with van der Waals surface area (Å²) in [7, 11) is 1.21. The van der Waals surface area contributed by atoms with E-state index in [1.807, 2.05) is 6.07 Å². The SMILES string of the molecule is COC(=O)[C@@H](Cc1ccc(C#N)cc1)NC(=O)[C@@H](Cc1ccc(F)cc1)NC(C)=O. The number of nitrogens with one attached hydrogen (secondary N) is 2. The summed E-state index contributed by atoms with van der Waals surface area (Å²) in [4.78, 5) is 36.6.